The third-order valence-corrected chi connectivity index (χ3v) is 7.22. The SMILES string of the molecule is COc1ccccc1-n1c(SCC(=O)Nc2ccccc2SCC#N)nnc1-c1cccs1. The topological polar surface area (TPSA) is 92.8 Å². The Kier molecular flexibility index (Phi) is 7.67. The number of thioether (sulfide) groups is 2. The normalized spacial score (nSPS) is 10.5. The van der Waals surface area contributed by atoms with Crippen LogP contribution in [0.25, 0.3) is 16.4 Å². The molecule has 0 radical (unpaired) electrons. The molecule has 7 nitrogen and oxygen atoms in total. The molecule has 2 aromatic carbocycles. The molecule has 166 valence electrons. The van der Waals surface area contributed by atoms with Gasteiger partial charge in [0, 0.05) is 4.90 Å². The number of nitrogens with one attached hydrogen (secondary N) is 1. The molecule has 0 atom stereocenters. The molecule has 1 amide bonds. The van der Waals surface area contributed by atoms with Gasteiger partial charge in [0.15, 0.2) is 11.0 Å². The number of para-hydroxylation sites is 3. The fraction of sp³-hybridized carbons (Fsp3) is 0.130. The lowest BCUT2D eigenvalue weighted by atomic mass is 10.3. The molecule has 0 spiro atoms. The van der Waals surface area contributed by atoms with Crippen LogP contribution in [-0.4, -0.2) is 39.3 Å². The van der Waals surface area contributed by atoms with E-state index in [4.69, 9.17) is 10.00 Å². The molecule has 10 heteroatoms. The average Bonchev–Trinajstić information content (AvgIpc) is 3.52. The molecule has 0 saturated heterocycles. The maximum atomic E-state index is 12.7. The minimum Gasteiger partial charge on any atom is -0.495 e. The third kappa shape index (κ3) is 5.39. The molecule has 1 N–H and O–H groups in total. The number of carbonyl (C=O) groups is 1. The molecule has 0 bridgehead atoms. The fourth-order valence-corrected chi connectivity index (χ4v) is 5.20. The summed E-state index contributed by atoms with van der Waals surface area (Å²) in [6.07, 6.45) is 0. The number of carbonyl (C=O) groups excluding carboxylic acids is 1. The number of amides is 1. The van der Waals surface area contributed by atoms with E-state index < -0.39 is 0 Å². The van der Waals surface area contributed by atoms with Crippen molar-refractivity contribution in [1.82, 2.24) is 14.8 Å². The quantitative estimate of drug-likeness (QED) is 0.314. The van der Waals surface area contributed by atoms with Gasteiger partial charge < -0.3 is 10.1 Å². The van der Waals surface area contributed by atoms with Crippen LogP contribution in [0.2, 0.25) is 0 Å². The first-order valence-electron chi connectivity index (χ1n) is 9.85. The number of anilines is 1. The zero-order chi connectivity index (χ0) is 23.0. The Morgan fingerprint density at radius 1 is 1.12 bits per heavy atom. The second kappa shape index (κ2) is 11.0. The number of methoxy groups -OCH3 is 1. The Labute approximate surface area is 203 Å². The van der Waals surface area contributed by atoms with Crippen molar-refractivity contribution in [2.75, 3.05) is 23.9 Å². The molecule has 2 heterocycles. The molecule has 0 aliphatic carbocycles. The number of nitrogens with zero attached hydrogens (tertiary/aromatic N) is 4. The largest absolute Gasteiger partial charge is 0.495 e. The lowest BCUT2D eigenvalue weighted by molar-refractivity contribution is -0.113. The van der Waals surface area contributed by atoms with Crippen molar-refractivity contribution < 1.29 is 9.53 Å². The van der Waals surface area contributed by atoms with Crippen molar-refractivity contribution >= 4 is 46.5 Å². The molecule has 4 aromatic rings. The minimum absolute atomic E-state index is 0.148. The molecule has 0 aliphatic rings. The molecule has 2 aromatic heterocycles. The van der Waals surface area contributed by atoms with Crippen molar-refractivity contribution in [3.05, 3.63) is 66.0 Å². The fourth-order valence-electron chi connectivity index (χ4n) is 3.08. The van der Waals surface area contributed by atoms with E-state index >= 15 is 0 Å². The van der Waals surface area contributed by atoms with E-state index in [1.807, 2.05) is 70.6 Å². The Bertz CT molecular complexity index is 1280. The Morgan fingerprint density at radius 3 is 2.73 bits per heavy atom. The average molecular weight is 494 g/mol. The number of thiophene rings is 1. The Balaban J connectivity index is 1.57. The number of aromatic nitrogens is 3. The van der Waals surface area contributed by atoms with Crippen LogP contribution in [0.5, 0.6) is 5.75 Å². The molecule has 0 unspecified atom stereocenters. The summed E-state index contributed by atoms with van der Waals surface area (Å²) in [5, 5.41) is 23.1. The molecular formula is C23H19N5O2S3. The van der Waals surface area contributed by atoms with Gasteiger partial charge in [-0.2, -0.15) is 5.26 Å². The highest BCUT2D eigenvalue weighted by atomic mass is 32.2. The van der Waals surface area contributed by atoms with Crippen molar-refractivity contribution in [2.45, 2.75) is 10.1 Å². The first-order chi connectivity index (χ1) is 16.2. The van der Waals surface area contributed by atoms with Crippen LogP contribution in [0.3, 0.4) is 0 Å². The summed E-state index contributed by atoms with van der Waals surface area (Å²) in [6.45, 7) is 0. The number of nitriles is 1. The van der Waals surface area contributed by atoms with Crippen LogP contribution in [0.1, 0.15) is 0 Å². The molecule has 33 heavy (non-hydrogen) atoms. The first-order valence-corrected chi connectivity index (χ1v) is 12.7. The standard InChI is InChI=1S/C23H19N5O2S3/c1-30-18-9-4-3-8-17(18)28-22(20-11-6-13-31-20)26-27-23(28)33-15-21(29)25-16-7-2-5-10-19(16)32-14-12-24/h2-11,13H,14-15H2,1H3,(H,25,29). The van der Waals surface area contributed by atoms with Gasteiger partial charge in [-0.1, -0.05) is 42.1 Å². The molecular weight excluding hydrogens is 474 g/mol. The number of hydrogen-bond donors (Lipinski definition) is 1. The van der Waals surface area contributed by atoms with E-state index in [1.54, 1.807) is 18.4 Å². The van der Waals surface area contributed by atoms with Gasteiger partial charge >= 0.3 is 0 Å². The summed E-state index contributed by atoms with van der Waals surface area (Å²) >= 11 is 4.25. The van der Waals surface area contributed by atoms with Crippen LogP contribution in [0, 0.1) is 11.3 Å². The van der Waals surface area contributed by atoms with Crippen molar-refractivity contribution in [1.29, 1.82) is 5.26 Å². The third-order valence-electron chi connectivity index (χ3n) is 4.49. The van der Waals surface area contributed by atoms with Crippen LogP contribution < -0.4 is 10.1 Å². The maximum absolute atomic E-state index is 12.7. The predicted molar refractivity (Wildman–Crippen MR) is 133 cm³/mol. The van der Waals surface area contributed by atoms with E-state index in [9.17, 15) is 4.79 Å². The highest BCUT2D eigenvalue weighted by Crippen LogP contribution is 2.34. The van der Waals surface area contributed by atoms with E-state index in [0.717, 1.165) is 15.5 Å². The summed E-state index contributed by atoms with van der Waals surface area (Å²) in [5.74, 6) is 1.67. The van der Waals surface area contributed by atoms with E-state index in [-0.39, 0.29) is 11.7 Å². The first kappa shape index (κ1) is 22.9. The highest BCUT2D eigenvalue weighted by molar-refractivity contribution is 8.00. The number of hydrogen-bond acceptors (Lipinski definition) is 8. The van der Waals surface area contributed by atoms with Crippen LogP contribution >= 0.6 is 34.9 Å². The van der Waals surface area contributed by atoms with Crippen molar-refractivity contribution in [3.63, 3.8) is 0 Å². The van der Waals surface area contributed by atoms with Crippen LogP contribution in [0.4, 0.5) is 5.69 Å². The predicted octanol–water partition coefficient (Wildman–Crippen LogP) is 5.35. The van der Waals surface area contributed by atoms with Gasteiger partial charge in [0.2, 0.25) is 5.91 Å². The number of benzene rings is 2. The van der Waals surface area contributed by atoms with Gasteiger partial charge in [0.25, 0.3) is 0 Å². The van der Waals surface area contributed by atoms with Gasteiger partial charge in [-0.15, -0.1) is 33.3 Å². The smallest absolute Gasteiger partial charge is 0.234 e. The zero-order valence-corrected chi connectivity index (χ0v) is 20.0. The summed E-state index contributed by atoms with van der Waals surface area (Å²) in [5.41, 5.74) is 1.49. The summed E-state index contributed by atoms with van der Waals surface area (Å²) in [6, 6.07) is 21.1. The minimum atomic E-state index is -0.169. The number of ether oxygens (including phenoxy) is 1. The summed E-state index contributed by atoms with van der Waals surface area (Å²) < 4.78 is 7.48. The number of rotatable bonds is 9. The Hall–Kier alpha value is -3.26. The molecule has 4 rings (SSSR count). The summed E-state index contributed by atoms with van der Waals surface area (Å²) in [4.78, 5) is 14.6. The van der Waals surface area contributed by atoms with Gasteiger partial charge in [0.05, 0.1) is 40.9 Å². The summed E-state index contributed by atoms with van der Waals surface area (Å²) in [7, 11) is 1.62. The van der Waals surface area contributed by atoms with Gasteiger partial charge in [-0.3, -0.25) is 9.36 Å². The zero-order valence-electron chi connectivity index (χ0n) is 17.6. The molecule has 0 saturated carbocycles. The maximum Gasteiger partial charge on any atom is 0.234 e. The van der Waals surface area contributed by atoms with E-state index in [1.165, 1.54) is 23.5 Å². The van der Waals surface area contributed by atoms with Gasteiger partial charge in [-0.05, 0) is 35.7 Å². The van der Waals surface area contributed by atoms with Crippen molar-refractivity contribution in [2.24, 2.45) is 0 Å². The van der Waals surface area contributed by atoms with E-state index in [2.05, 4.69) is 21.6 Å². The van der Waals surface area contributed by atoms with Crippen LogP contribution in [0.15, 0.2) is 76.1 Å². The van der Waals surface area contributed by atoms with Crippen LogP contribution in [-0.2, 0) is 4.79 Å². The van der Waals surface area contributed by atoms with E-state index in [0.29, 0.717) is 28.2 Å². The monoisotopic (exact) mass is 493 g/mol. The second-order valence-corrected chi connectivity index (χ2v) is 9.48. The second-order valence-electron chi connectivity index (χ2n) is 6.57. The lowest BCUT2D eigenvalue weighted by Crippen LogP contribution is -2.15. The van der Waals surface area contributed by atoms with Gasteiger partial charge in [-0.25, -0.2) is 0 Å². The lowest BCUT2D eigenvalue weighted by Gasteiger charge is -2.13. The Morgan fingerprint density at radius 2 is 1.94 bits per heavy atom. The van der Waals surface area contributed by atoms with Gasteiger partial charge in [0.1, 0.15) is 5.75 Å². The molecule has 0 fully saturated rings. The molecule has 0 aliphatic heterocycles. The highest BCUT2D eigenvalue weighted by Gasteiger charge is 2.20. The van der Waals surface area contributed by atoms with Crippen molar-refractivity contribution in [3.8, 4) is 28.2 Å².